The molecule has 4 aliphatic rings. The number of halogens is 3. The zero-order valence-electron chi connectivity index (χ0n) is 35.8. The molecule has 9 rings (SSSR count). The van der Waals surface area contributed by atoms with Crippen LogP contribution in [-0.2, 0) is 19.6 Å². The van der Waals surface area contributed by atoms with Crippen molar-refractivity contribution in [2.75, 3.05) is 13.1 Å². The van der Waals surface area contributed by atoms with Crippen molar-refractivity contribution in [1.82, 2.24) is 59.6 Å². The number of hydrogen-bond donors (Lipinski definition) is 5. The molecule has 1 atom stereocenters. The molecule has 0 spiro atoms. The zero-order chi connectivity index (χ0) is 46.2. The van der Waals surface area contributed by atoms with Crippen LogP contribution in [0.3, 0.4) is 0 Å². The quantitative estimate of drug-likeness (QED) is 0.0823. The van der Waals surface area contributed by atoms with Crippen LogP contribution in [0.4, 0.5) is 13.2 Å². The van der Waals surface area contributed by atoms with Gasteiger partial charge in [0.2, 0.25) is 0 Å². The summed E-state index contributed by atoms with van der Waals surface area (Å²) >= 11 is 0. The minimum atomic E-state index is -4.74. The molecule has 4 aliphatic heterocycles. The van der Waals surface area contributed by atoms with Crippen LogP contribution in [0.2, 0.25) is 0 Å². The van der Waals surface area contributed by atoms with Crippen LogP contribution in [0.5, 0.6) is 5.75 Å². The van der Waals surface area contributed by atoms with Gasteiger partial charge in [0.1, 0.15) is 5.75 Å². The number of alkyl halides is 3. The normalized spacial score (nSPS) is 12.3. The van der Waals surface area contributed by atoms with Crippen molar-refractivity contribution in [1.29, 1.82) is 0 Å². The molecule has 0 radical (unpaired) electrons. The van der Waals surface area contributed by atoms with Crippen LogP contribution in [0, 0.1) is 27.7 Å². The van der Waals surface area contributed by atoms with E-state index in [0.717, 1.165) is 55.4 Å². The molecule has 5 aromatic rings. The number of aromatic nitrogens is 10. The van der Waals surface area contributed by atoms with Crippen LogP contribution in [0.1, 0.15) is 46.3 Å². The van der Waals surface area contributed by atoms with E-state index in [0.29, 0.717) is 49.6 Å². The maximum absolute atomic E-state index is 12.4. The van der Waals surface area contributed by atoms with Crippen molar-refractivity contribution < 1.29 is 17.9 Å². The second-order valence-electron chi connectivity index (χ2n) is 15.7. The first-order valence-electron chi connectivity index (χ1n) is 20.6. The van der Waals surface area contributed by atoms with E-state index in [4.69, 9.17) is 0 Å². The zero-order valence-corrected chi connectivity index (χ0v) is 35.8. The highest BCUT2D eigenvalue weighted by molar-refractivity contribution is 5.82. The molecule has 334 valence electrons. The molecule has 0 bridgehead atoms. The second-order valence-corrected chi connectivity index (χ2v) is 15.7. The number of aromatic amines is 3. The van der Waals surface area contributed by atoms with E-state index in [1.807, 2.05) is 75.6 Å². The molecule has 0 saturated heterocycles. The van der Waals surface area contributed by atoms with Crippen molar-refractivity contribution in [3.8, 4) is 28.8 Å². The van der Waals surface area contributed by atoms with Crippen molar-refractivity contribution in [3.63, 3.8) is 0 Å². The first-order chi connectivity index (χ1) is 31.0. The Morgan fingerprint density at radius 3 is 1.77 bits per heavy atom. The Morgan fingerprint density at radius 1 is 0.677 bits per heavy atom. The van der Waals surface area contributed by atoms with Crippen molar-refractivity contribution in [3.05, 3.63) is 148 Å². The lowest BCUT2D eigenvalue weighted by molar-refractivity contribution is -0.274. The lowest BCUT2D eigenvalue weighted by atomic mass is 10.1. The van der Waals surface area contributed by atoms with Gasteiger partial charge in [-0.05, 0) is 117 Å². The van der Waals surface area contributed by atoms with Gasteiger partial charge in [-0.2, -0.15) is 9.97 Å². The predicted molar refractivity (Wildman–Crippen MR) is 238 cm³/mol. The summed E-state index contributed by atoms with van der Waals surface area (Å²) in [4.78, 5) is 77.2. The summed E-state index contributed by atoms with van der Waals surface area (Å²) in [5.74, 6) is 0.196. The fourth-order valence-electron chi connectivity index (χ4n) is 7.54. The summed E-state index contributed by atoms with van der Waals surface area (Å²) in [7, 11) is 0. The number of fused-ring (bicyclic) bond motifs is 5. The number of nitrogens with one attached hydrogen (secondary N) is 5. The number of rotatable bonds is 11. The van der Waals surface area contributed by atoms with Gasteiger partial charge in [-0.15, -0.1) is 13.2 Å². The monoisotopic (exact) mass is 888 g/mol. The highest BCUT2D eigenvalue weighted by Gasteiger charge is 2.31. The molecule has 1 unspecified atom stereocenters. The van der Waals surface area contributed by atoms with Gasteiger partial charge < -0.3 is 29.5 Å². The van der Waals surface area contributed by atoms with E-state index < -0.39 is 28.9 Å². The highest BCUT2D eigenvalue weighted by atomic mass is 19.4. The standard InChI is InChI=1S/C23H22F3N5O3.C22H21N7O2/c1-12-10-17-18(11-13(12)2)31(20-19(28-17)21(32)30-22(33)29-20)9-8-27-14(3)15-4-6-16(7-5-15)34-23(24,25)26;1-12-7-17-18(8-13(12)2)29(20-19(26-17)21(30)28-22(31)27-20)6-5-23-10-14-3-4-15-16(9-14)25-11-24-15/h4-7,10-11,14,27H,8-9H2,1-3H3,(H,30,32,33);3-4,7-9,11,23H,5-6,10H2,1-2H3,(H,24,25)(H,28,30,31). The summed E-state index contributed by atoms with van der Waals surface area (Å²) < 4.78 is 44.7. The SMILES string of the molecule is Cc1cc2nc3c(=O)[nH]c(=O)nc-3n(CCNC(C)c3ccc(OC(F)(F)F)cc3)c2cc1C.Cc1cc2nc3c(=O)[nH]c(=O)nc-3n(CCNCc3ccc4nc[nH]c4c3)c2cc1C. The van der Waals surface area contributed by atoms with Gasteiger partial charge in [0.05, 0.1) is 39.4 Å². The minimum Gasteiger partial charge on any atom is -0.406 e. The van der Waals surface area contributed by atoms with Crippen molar-refractivity contribution in [2.45, 2.75) is 66.7 Å². The van der Waals surface area contributed by atoms with E-state index in [1.165, 1.54) is 12.1 Å². The first-order valence-corrected chi connectivity index (χ1v) is 20.6. The molecule has 17 nitrogen and oxygen atoms in total. The largest absolute Gasteiger partial charge is 0.573 e. The molecule has 1 aromatic heterocycles. The molecular formula is C45H43F3N12O5. The molecule has 0 amide bonds. The molecule has 5 N–H and O–H groups in total. The van der Waals surface area contributed by atoms with Crippen LogP contribution in [0.15, 0.2) is 92.2 Å². The predicted octanol–water partition coefficient (Wildman–Crippen LogP) is 5.32. The Bertz CT molecular complexity index is 3390. The van der Waals surface area contributed by atoms with Gasteiger partial charge in [-0.25, -0.2) is 24.5 Å². The second kappa shape index (κ2) is 17.9. The van der Waals surface area contributed by atoms with E-state index in [1.54, 1.807) is 23.0 Å². The molecule has 0 saturated carbocycles. The van der Waals surface area contributed by atoms with Gasteiger partial charge in [0.25, 0.3) is 11.1 Å². The van der Waals surface area contributed by atoms with E-state index in [9.17, 15) is 32.3 Å². The Labute approximate surface area is 366 Å². The van der Waals surface area contributed by atoms with Gasteiger partial charge in [-0.3, -0.25) is 19.6 Å². The number of hydrogen-bond acceptors (Lipinski definition) is 12. The number of nitrogens with zero attached hydrogens (tertiary/aromatic N) is 7. The minimum absolute atomic E-state index is 0.0728. The Morgan fingerprint density at radius 2 is 1.22 bits per heavy atom. The third kappa shape index (κ3) is 9.67. The highest BCUT2D eigenvalue weighted by Crippen LogP contribution is 2.27. The number of benzene rings is 4. The molecular weight excluding hydrogens is 846 g/mol. The summed E-state index contributed by atoms with van der Waals surface area (Å²) in [5, 5.41) is 6.73. The molecule has 20 heteroatoms. The molecule has 5 heterocycles. The third-order valence-corrected chi connectivity index (χ3v) is 11.2. The molecule has 4 aromatic carbocycles. The topological polar surface area (TPSA) is 223 Å². The fraction of sp³-hybridized carbons (Fsp3) is 0.267. The van der Waals surface area contributed by atoms with Crippen LogP contribution in [-0.4, -0.2) is 68.5 Å². The molecule has 65 heavy (non-hydrogen) atoms. The van der Waals surface area contributed by atoms with Crippen LogP contribution >= 0.6 is 0 Å². The summed E-state index contributed by atoms with van der Waals surface area (Å²) in [6.45, 7) is 12.4. The van der Waals surface area contributed by atoms with E-state index in [-0.39, 0.29) is 29.0 Å². The van der Waals surface area contributed by atoms with Gasteiger partial charge in [0, 0.05) is 38.8 Å². The maximum atomic E-state index is 12.4. The Kier molecular flexibility index (Phi) is 12.1. The van der Waals surface area contributed by atoms with Crippen LogP contribution < -0.4 is 37.9 Å². The lowest BCUT2D eigenvalue weighted by Crippen LogP contribution is -2.30. The first kappa shape index (κ1) is 44.0. The summed E-state index contributed by atoms with van der Waals surface area (Å²) in [6.07, 6.45) is -3.06. The van der Waals surface area contributed by atoms with Gasteiger partial charge in [-0.1, -0.05) is 18.2 Å². The average Bonchev–Trinajstić information content (AvgIpc) is 3.72. The number of aryl methyl sites for hydroxylation is 4. The Balaban J connectivity index is 0.000000178. The number of imidazole rings is 1. The van der Waals surface area contributed by atoms with Gasteiger partial charge >= 0.3 is 17.7 Å². The smallest absolute Gasteiger partial charge is 0.406 e. The number of H-pyrrole nitrogens is 3. The Hall–Kier alpha value is -7.58. The number of ether oxygens (including phenoxy) is 1. The average molecular weight is 889 g/mol. The summed E-state index contributed by atoms with van der Waals surface area (Å²) in [6, 6.07) is 19.3. The van der Waals surface area contributed by atoms with E-state index in [2.05, 4.69) is 61.3 Å². The van der Waals surface area contributed by atoms with E-state index >= 15 is 0 Å². The van der Waals surface area contributed by atoms with Gasteiger partial charge in [0.15, 0.2) is 23.0 Å². The molecule has 0 fully saturated rings. The lowest BCUT2D eigenvalue weighted by Gasteiger charge is -2.20. The van der Waals surface area contributed by atoms with Crippen LogP contribution in [0.25, 0.3) is 56.1 Å². The van der Waals surface area contributed by atoms with Crippen molar-refractivity contribution >= 4 is 33.1 Å². The fourth-order valence-corrected chi connectivity index (χ4v) is 7.54. The summed E-state index contributed by atoms with van der Waals surface area (Å²) in [5.41, 5.74) is 8.64. The third-order valence-electron chi connectivity index (χ3n) is 11.2. The maximum Gasteiger partial charge on any atom is 0.573 e. The molecule has 0 aliphatic carbocycles. The van der Waals surface area contributed by atoms with Crippen molar-refractivity contribution in [2.24, 2.45) is 0 Å².